The van der Waals surface area contributed by atoms with Gasteiger partial charge in [0.1, 0.15) is 0 Å². The largest absolute Gasteiger partial charge is 0.478 e. The third kappa shape index (κ3) is 1.66. The Morgan fingerprint density at radius 3 is 2.25 bits per heavy atom. The summed E-state index contributed by atoms with van der Waals surface area (Å²) in [5, 5.41) is 8.83. The number of anilines is 1. The molecule has 1 aromatic carbocycles. The predicted molar refractivity (Wildman–Crippen MR) is 68.8 cm³/mol. The van der Waals surface area contributed by atoms with E-state index in [1.807, 2.05) is 0 Å². The average molecular weight is 268 g/mol. The second kappa shape index (κ2) is 4.27. The molecule has 2 heterocycles. The maximum absolute atomic E-state index is 12.2. The first-order chi connectivity index (χ1) is 9.59. The number of aromatic carboxylic acids is 1. The summed E-state index contributed by atoms with van der Waals surface area (Å²) in [5.41, 5.74) is 0.973. The van der Waals surface area contributed by atoms with Crippen LogP contribution in [0.2, 0.25) is 0 Å². The number of carbonyl (C=O) groups is 3. The molecule has 0 unspecified atom stereocenters. The van der Waals surface area contributed by atoms with Crippen LogP contribution in [0.1, 0.15) is 31.1 Å². The van der Waals surface area contributed by atoms with E-state index in [9.17, 15) is 14.4 Å². The average Bonchev–Trinajstić information content (AvgIpc) is 2.72. The molecule has 0 atom stereocenters. The fraction of sp³-hybridized carbons (Fsp3) is 0. The van der Waals surface area contributed by atoms with Crippen molar-refractivity contribution in [3.63, 3.8) is 0 Å². The van der Waals surface area contributed by atoms with Gasteiger partial charge in [0.25, 0.3) is 11.8 Å². The SMILES string of the molecule is O=C(O)c1ccc(N2C(=O)c3ccncc3C2=O)cc1. The molecule has 0 bridgehead atoms. The molecule has 1 aromatic heterocycles. The van der Waals surface area contributed by atoms with Crippen molar-refractivity contribution in [3.05, 3.63) is 59.4 Å². The number of benzene rings is 1. The van der Waals surface area contributed by atoms with Gasteiger partial charge in [0.05, 0.1) is 22.4 Å². The fourth-order valence-electron chi connectivity index (χ4n) is 2.07. The second-order valence-electron chi connectivity index (χ2n) is 4.22. The lowest BCUT2D eigenvalue weighted by Gasteiger charge is -2.13. The number of fused-ring (bicyclic) bond motifs is 1. The summed E-state index contributed by atoms with van der Waals surface area (Å²) < 4.78 is 0. The molecule has 6 heteroatoms. The summed E-state index contributed by atoms with van der Waals surface area (Å²) in [6.07, 6.45) is 2.79. The van der Waals surface area contributed by atoms with Crippen LogP contribution in [0, 0.1) is 0 Å². The number of carbonyl (C=O) groups excluding carboxylic acids is 2. The molecule has 0 spiro atoms. The first kappa shape index (κ1) is 12.0. The summed E-state index contributed by atoms with van der Waals surface area (Å²) in [4.78, 5) is 40.0. The Labute approximate surface area is 113 Å². The number of amides is 2. The Kier molecular flexibility index (Phi) is 2.57. The third-order valence-corrected chi connectivity index (χ3v) is 3.06. The summed E-state index contributed by atoms with van der Waals surface area (Å²) in [6.45, 7) is 0. The minimum atomic E-state index is -1.07. The summed E-state index contributed by atoms with van der Waals surface area (Å²) in [5.74, 6) is -1.96. The first-order valence-corrected chi connectivity index (χ1v) is 5.76. The molecule has 1 aliphatic rings. The highest BCUT2D eigenvalue weighted by Gasteiger charge is 2.36. The highest BCUT2D eigenvalue weighted by molar-refractivity contribution is 6.34. The van der Waals surface area contributed by atoms with Gasteiger partial charge in [-0.25, -0.2) is 9.69 Å². The number of hydrogen-bond acceptors (Lipinski definition) is 4. The summed E-state index contributed by atoms with van der Waals surface area (Å²) in [7, 11) is 0. The number of carboxylic acid groups (broad SMARTS) is 1. The van der Waals surface area contributed by atoms with Crippen molar-refractivity contribution in [3.8, 4) is 0 Å². The van der Waals surface area contributed by atoms with Crippen LogP contribution in [-0.2, 0) is 0 Å². The van der Waals surface area contributed by atoms with E-state index in [0.29, 0.717) is 11.3 Å². The van der Waals surface area contributed by atoms with Crippen molar-refractivity contribution in [1.29, 1.82) is 0 Å². The normalized spacial score (nSPS) is 13.5. The Morgan fingerprint density at radius 1 is 1.00 bits per heavy atom. The molecule has 0 radical (unpaired) electrons. The molecule has 20 heavy (non-hydrogen) atoms. The quantitative estimate of drug-likeness (QED) is 0.835. The highest BCUT2D eigenvalue weighted by atomic mass is 16.4. The van der Waals surface area contributed by atoms with Crippen LogP contribution in [0.4, 0.5) is 5.69 Å². The topological polar surface area (TPSA) is 87.6 Å². The molecule has 98 valence electrons. The molecule has 2 aromatic rings. The highest BCUT2D eigenvalue weighted by Crippen LogP contribution is 2.27. The molecule has 0 fully saturated rings. The van der Waals surface area contributed by atoms with Crippen LogP contribution >= 0.6 is 0 Å². The maximum Gasteiger partial charge on any atom is 0.335 e. The van der Waals surface area contributed by atoms with Crippen molar-refractivity contribution in [2.45, 2.75) is 0 Å². The van der Waals surface area contributed by atoms with Gasteiger partial charge in [-0.15, -0.1) is 0 Å². The number of rotatable bonds is 2. The van der Waals surface area contributed by atoms with Gasteiger partial charge < -0.3 is 5.11 Å². The fourth-order valence-corrected chi connectivity index (χ4v) is 2.07. The van der Waals surface area contributed by atoms with Gasteiger partial charge in [-0.2, -0.15) is 0 Å². The van der Waals surface area contributed by atoms with Gasteiger partial charge >= 0.3 is 5.97 Å². The zero-order chi connectivity index (χ0) is 14.3. The van der Waals surface area contributed by atoms with Crippen molar-refractivity contribution < 1.29 is 19.5 Å². The third-order valence-electron chi connectivity index (χ3n) is 3.06. The molecule has 1 aliphatic heterocycles. The van der Waals surface area contributed by atoms with E-state index in [2.05, 4.69) is 4.98 Å². The van der Waals surface area contributed by atoms with Gasteiger partial charge in [0.15, 0.2) is 0 Å². The zero-order valence-electron chi connectivity index (χ0n) is 10.1. The van der Waals surface area contributed by atoms with Gasteiger partial charge in [-0.1, -0.05) is 0 Å². The van der Waals surface area contributed by atoms with E-state index in [1.54, 1.807) is 0 Å². The molecule has 1 N–H and O–H groups in total. The van der Waals surface area contributed by atoms with Crippen LogP contribution in [0.25, 0.3) is 0 Å². The van der Waals surface area contributed by atoms with Crippen LogP contribution in [0.3, 0.4) is 0 Å². The molecule has 3 rings (SSSR count). The molecule has 6 nitrogen and oxygen atoms in total. The maximum atomic E-state index is 12.2. The zero-order valence-corrected chi connectivity index (χ0v) is 10.1. The van der Waals surface area contributed by atoms with Gasteiger partial charge in [-0.05, 0) is 30.3 Å². The predicted octanol–water partition coefficient (Wildman–Crippen LogP) is 1.58. The lowest BCUT2D eigenvalue weighted by Crippen LogP contribution is -2.29. The molecule has 0 aliphatic carbocycles. The summed E-state index contributed by atoms with van der Waals surface area (Å²) in [6, 6.07) is 7.04. The van der Waals surface area contributed by atoms with E-state index < -0.39 is 17.8 Å². The van der Waals surface area contributed by atoms with E-state index in [0.717, 1.165) is 4.90 Å². The van der Waals surface area contributed by atoms with Crippen molar-refractivity contribution in [2.24, 2.45) is 0 Å². The van der Waals surface area contributed by atoms with Crippen molar-refractivity contribution in [1.82, 2.24) is 4.98 Å². The first-order valence-electron chi connectivity index (χ1n) is 5.76. The van der Waals surface area contributed by atoms with Crippen molar-refractivity contribution in [2.75, 3.05) is 4.90 Å². The van der Waals surface area contributed by atoms with Gasteiger partial charge in [-0.3, -0.25) is 14.6 Å². The standard InChI is InChI=1S/C14H8N2O4/c17-12-10-5-6-15-7-11(10)13(18)16(12)9-3-1-8(2-4-9)14(19)20/h1-7H,(H,19,20). The van der Waals surface area contributed by atoms with Gasteiger partial charge in [0.2, 0.25) is 0 Å². The smallest absolute Gasteiger partial charge is 0.335 e. The molecule has 0 saturated carbocycles. The van der Waals surface area contributed by atoms with E-state index in [-0.39, 0.29) is 11.1 Å². The monoisotopic (exact) mass is 268 g/mol. The molecular weight excluding hydrogens is 260 g/mol. The minimum Gasteiger partial charge on any atom is -0.478 e. The van der Waals surface area contributed by atoms with Crippen LogP contribution in [0.15, 0.2) is 42.7 Å². The second-order valence-corrected chi connectivity index (χ2v) is 4.22. The Bertz CT molecular complexity index is 702. The number of pyridine rings is 1. The van der Waals surface area contributed by atoms with E-state index in [4.69, 9.17) is 5.11 Å². The van der Waals surface area contributed by atoms with Crippen LogP contribution in [0.5, 0.6) is 0 Å². The Balaban J connectivity index is 2.02. The van der Waals surface area contributed by atoms with Gasteiger partial charge in [0, 0.05) is 12.4 Å². The van der Waals surface area contributed by atoms with E-state index in [1.165, 1.54) is 42.7 Å². The Morgan fingerprint density at radius 2 is 1.65 bits per heavy atom. The van der Waals surface area contributed by atoms with Crippen LogP contribution < -0.4 is 4.90 Å². The Hall–Kier alpha value is -3.02. The van der Waals surface area contributed by atoms with E-state index >= 15 is 0 Å². The summed E-state index contributed by atoms with van der Waals surface area (Å²) >= 11 is 0. The minimum absolute atomic E-state index is 0.0898. The number of aromatic nitrogens is 1. The number of carboxylic acids is 1. The number of imide groups is 1. The molecule has 0 saturated heterocycles. The van der Waals surface area contributed by atoms with Crippen molar-refractivity contribution >= 4 is 23.5 Å². The van der Waals surface area contributed by atoms with Crippen LogP contribution in [-0.4, -0.2) is 27.9 Å². The lowest BCUT2D eigenvalue weighted by atomic mass is 10.2. The molecule has 2 amide bonds. The lowest BCUT2D eigenvalue weighted by molar-refractivity contribution is 0.0696. The molecular formula is C14H8N2O4. The number of hydrogen-bond donors (Lipinski definition) is 1. The number of nitrogens with zero attached hydrogens (tertiary/aromatic N) is 2.